The van der Waals surface area contributed by atoms with Crippen LogP contribution in [0.25, 0.3) is 11.9 Å². The van der Waals surface area contributed by atoms with Crippen LogP contribution in [0.4, 0.5) is 0 Å². The van der Waals surface area contributed by atoms with E-state index in [1.807, 2.05) is 29.8 Å². The average Bonchev–Trinajstić information content (AvgIpc) is 2.68. The molecule has 0 spiro atoms. The Labute approximate surface area is 82.0 Å². The second kappa shape index (κ2) is 3.83. The van der Waals surface area contributed by atoms with Crippen LogP contribution < -0.4 is 0 Å². The second-order valence-electron chi connectivity index (χ2n) is 2.77. The lowest BCUT2D eigenvalue weighted by atomic mass is 10.4. The van der Waals surface area contributed by atoms with Crippen LogP contribution >= 0.6 is 0 Å². The summed E-state index contributed by atoms with van der Waals surface area (Å²) in [4.78, 5) is 12.3. The third-order valence-corrected chi connectivity index (χ3v) is 1.75. The molecule has 14 heavy (non-hydrogen) atoms. The Balaban J connectivity index is 2.34. The fourth-order valence-corrected chi connectivity index (χ4v) is 1.14. The molecular formula is C10H10N4. The number of rotatable bonds is 2. The van der Waals surface area contributed by atoms with E-state index < -0.39 is 0 Å². The molecule has 2 rings (SSSR count). The maximum absolute atomic E-state index is 4.19. The van der Waals surface area contributed by atoms with Crippen molar-refractivity contribution in [1.82, 2.24) is 19.5 Å². The first kappa shape index (κ1) is 8.62. The SMILES string of the molecule is C/C=C/c1cn(-c2cnccn2)cn1. The normalized spacial score (nSPS) is 10.9. The van der Waals surface area contributed by atoms with Crippen molar-refractivity contribution >= 4 is 6.08 Å². The van der Waals surface area contributed by atoms with Crippen molar-refractivity contribution in [2.75, 3.05) is 0 Å². The zero-order valence-electron chi connectivity index (χ0n) is 7.83. The smallest absolute Gasteiger partial charge is 0.156 e. The van der Waals surface area contributed by atoms with Gasteiger partial charge in [-0.3, -0.25) is 9.55 Å². The van der Waals surface area contributed by atoms with E-state index in [9.17, 15) is 0 Å². The highest BCUT2D eigenvalue weighted by atomic mass is 15.1. The molecule has 0 aliphatic carbocycles. The molecule has 0 unspecified atom stereocenters. The molecule has 2 aromatic heterocycles. The first-order valence-corrected chi connectivity index (χ1v) is 4.33. The molecular weight excluding hydrogens is 176 g/mol. The largest absolute Gasteiger partial charge is 0.289 e. The van der Waals surface area contributed by atoms with Crippen molar-refractivity contribution < 1.29 is 0 Å². The standard InChI is InChI=1S/C10H10N4/c1-2-3-9-7-14(8-13-9)10-6-11-4-5-12-10/h2-8H,1H3/b3-2+. The fraction of sp³-hybridized carbons (Fsp3) is 0.100. The third kappa shape index (κ3) is 1.69. The van der Waals surface area contributed by atoms with Crippen molar-refractivity contribution in [1.29, 1.82) is 0 Å². The van der Waals surface area contributed by atoms with Crippen molar-refractivity contribution in [3.05, 3.63) is 42.9 Å². The van der Waals surface area contributed by atoms with E-state index in [1.54, 1.807) is 24.9 Å². The molecule has 4 nitrogen and oxygen atoms in total. The van der Waals surface area contributed by atoms with Crippen LogP contribution in [0.1, 0.15) is 12.6 Å². The fourth-order valence-electron chi connectivity index (χ4n) is 1.14. The number of aromatic nitrogens is 4. The summed E-state index contributed by atoms with van der Waals surface area (Å²) in [6.45, 7) is 1.96. The molecule has 4 heteroatoms. The summed E-state index contributed by atoms with van der Waals surface area (Å²) in [6.07, 6.45) is 12.5. The zero-order valence-corrected chi connectivity index (χ0v) is 7.83. The summed E-state index contributed by atoms with van der Waals surface area (Å²) in [6, 6.07) is 0. The van der Waals surface area contributed by atoms with E-state index >= 15 is 0 Å². The van der Waals surface area contributed by atoms with Crippen molar-refractivity contribution in [2.24, 2.45) is 0 Å². The van der Waals surface area contributed by atoms with Gasteiger partial charge >= 0.3 is 0 Å². The minimum atomic E-state index is 0.774. The van der Waals surface area contributed by atoms with Gasteiger partial charge < -0.3 is 0 Å². The van der Waals surface area contributed by atoms with Gasteiger partial charge in [-0.15, -0.1) is 0 Å². The average molecular weight is 186 g/mol. The summed E-state index contributed by atoms with van der Waals surface area (Å²) in [5, 5.41) is 0. The molecule has 0 bridgehead atoms. The minimum Gasteiger partial charge on any atom is -0.289 e. The van der Waals surface area contributed by atoms with E-state index in [0.717, 1.165) is 11.5 Å². The minimum absolute atomic E-state index is 0.774. The molecule has 0 fully saturated rings. The lowest BCUT2D eigenvalue weighted by Crippen LogP contribution is -1.93. The number of imidazole rings is 1. The van der Waals surface area contributed by atoms with Crippen LogP contribution in [0, 0.1) is 0 Å². The first-order chi connectivity index (χ1) is 6.90. The maximum Gasteiger partial charge on any atom is 0.156 e. The van der Waals surface area contributed by atoms with Gasteiger partial charge in [-0.05, 0) is 13.0 Å². The van der Waals surface area contributed by atoms with E-state index in [0.29, 0.717) is 0 Å². The lowest BCUT2D eigenvalue weighted by molar-refractivity contribution is 0.970. The van der Waals surface area contributed by atoms with Gasteiger partial charge in [0.1, 0.15) is 6.33 Å². The Morgan fingerprint density at radius 1 is 1.29 bits per heavy atom. The van der Waals surface area contributed by atoms with Crippen LogP contribution in [0.5, 0.6) is 0 Å². The van der Waals surface area contributed by atoms with Gasteiger partial charge in [0.25, 0.3) is 0 Å². The van der Waals surface area contributed by atoms with Crippen LogP contribution in [-0.4, -0.2) is 19.5 Å². The van der Waals surface area contributed by atoms with Crippen LogP contribution in [-0.2, 0) is 0 Å². The molecule has 0 aliphatic rings. The van der Waals surface area contributed by atoms with Gasteiger partial charge in [0, 0.05) is 18.6 Å². The molecule has 0 atom stereocenters. The first-order valence-electron chi connectivity index (χ1n) is 4.33. The highest BCUT2D eigenvalue weighted by molar-refractivity contribution is 5.43. The number of allylic oxidation sites excluding steroid dienone is 1. The van der Waals surface area contributed by atoms with Gasteiger partial charge in [0.2, 0.25) is 0 Å². The van der Waals surface area contributed by atoms with Crippen molar-refractivity contribution in [2.45, 2.75) is 6.92 Å². The molecule has 0 aliphatic heterocycles. The number of hydrogen-bond acceptors (Lipinski definition) is 3. The van der Waals surface area contributed by atoms with Crippen molar-refractivity contribution in [3.8, 4) is 5.82 Å². The van der Waals surface area contributed by atoms with Crippen LogP contribution in [0.3, 0.4) is 0 Å². The lowest BCUT2D eigenvalue weighted by Gasteiger charge is -1.96. The molecule has 0 saturated carbocycles. The van der Waals surface area contributed by atoms with E-state index in [1.165, 1.54) is 0 Å². The molecule has 2 heterocycles. The van der Waals surface area contributed by atoms with E-state index in [2.05, 4.69) is 15.0 Å². The summed E-state index contributed by atoms with van der Waals surface area (Å²) in [5.74, 6) is 0.774. The van der Waals surface area contributed by atoms with Crippen molar-refractivity contribution in [3.63, 3.8) is 0 Å². The molecule has 70 valence electrons. The van der Waals surface area contributed by atoms with Gasteiger partial charge in [0.15, 0.2) is 5.82 Å². The Morgan fingerprint density at radius 3 is 2.93 bits per heavy atom. The highest BCUT2D eigenvalue weighted by Crippen LogP contribution is 2.04. The Morgan fingerprint density at radius 2 is 2.21 bits per heavy atom. The molecule has 0 radical (unpaired) electrons. The van der Waals surface area contributed by atoms with E-state index in [4.69, 9.17) is 0 Å². The zero-order chi connectivity index (χ0) is 9.80. The summed E-state index contributed by atoms with van der Waals surface area (Å²) < 4.78 is 1.84. The molecule has 0 saturated heterocycles. The molecule has 0 amide bonds. The molecule has 0 aromatic carbocycles. The van der Waals surface area contributed by atoms with Gasteiger partial charge in [-0.2, -0.15) is 0 Å². The monoisotopic (exact) mass is 186 g/mol. The predicted molar refractivity (Wildman–Crippen MR) is 53.9 cm³/mol. The van der Waals surface area contributed by atoms with Gasteiger partial charge in [-0.25, -0.2) is 9.97 Å². The van der Waals surface area contributed by atoms with Gasteiger partial charge in [0.05, 0.1) is 11.9 Å². The summed E-state index contributed by atoms with van der Waals surface area (Å²) in [5.41, 5.74) is 0.915. The quantitative estimate of drug-likeness (QED) is 0.716. The summed E-state index contributed by atoms with van der Waals surface area (Å²) in [7, 11) is 0. The van der Waals surface area contributed by atoms with Gasteiger partial charge in [-0.1, -0.05) is 6.08 Å². The maximum atomic E-state index is 4.19. The Bertz CT molecular complexity index is 430. The highest BCUT2D eigenvalue weighted by Gasteiger charge is 1.97. The molecule has 2 aromatic rings. The Kier molecular flexibility index (Phi) is 2.36. The Hall–Kier alpha value is -1.97. The molecule has 0 N–H and O–H groups in total. The van der Waals surface area contributed by atoms with E-state index in [-0.39, 0.29) is 0 Å². The van der Waals surface area contributed by atoms with Crippen LogP contribution in [0.15, 0.2) is 37.2 Å². The summed E-state index contributed by atoms with van der Waals surface area (Å²) >= 11 is 0. The number of nitrogens with zero attached hydrogens (tertiary/aromatic N) is 4. The topological polar surface area (TPSA) is 43.6 Å². The van der Waals surface area contributed by atoms with Crippen LogP contribution in [0.2, 0.25) is 0 Å². The predicted octanol–water partition coefficient (Wildman–Crippen LogP) is 1.70. The number of hydrogen-bond donors (Lipinski definition) is 0. The third-order valence-electron chi connectivity index (χ3n) is 1.75. The second-order valence-corrected chi connectivity index (χ2v) is 2.77.